The van der Waals surface area contributed by atoms with Gasteiger partial charge in [-0.2, -0.15) is 0 Å². The molecule has 0 aliphatic heterocycles. The zero-order valence-electron chi connectivity index (χ0n) is 14.0. The molecule has 4 nitrogen and oxygen atoms in total. The first-order valence-corrected chi connectivity index (χ1v) is 9.07. The van der Waals surface area contributed by atoms with Crippen LogP contribution in [0.5, 0.6) is 0 Å². The first kappa shape index (κ1) is 18.5. The minimum Gasteiger partial charge on any atom is -0.349 e. The molecule has 2 N–H and O–H groups in total. The lowest BCUT2D eigenvalue weighted by Gasteiger charge is -2.05. The average Bonchev–Trinajstić information content (AvgIpc) is 3.43. The van der Waals surface area contributed by atoms with Crippen LogP contribution in [0.4, 0.5) is 0 Å². The van der Waals surface area contributed by atoms with Crippen molar-refractivity contribution in [2.24, 2.45) is 0 Å². The molecule has 0 bridgehead atoms. The molecule has 0 spiro atoms. The van der Waals surface area contributed by atoms with Crippen LogP contribution in [0.3, 0.4) is 0 Å². The number of carbonyl (C=O) groups excluding carboxylic acids is 2. The molecule has 3 rings (SSSR count). The lowest BCUT2D eigenvalue weighted by molar-refractivity contribution is -0.116. The van der Waals surface area contributed by atoms with Crippen LogP contribution in [0.15, 0.2) is 48.5 Å². The van der Waals surface area contributed by atoms with Gasteiger partial charge in [-0.05, 0) is 54.3 Å². The fourth-order valence-electron chi connectivity index (χ4n) is 2.32. The maximum Gasteiger partial charge on any atom is 0.251 e. The van der Waals surface area contributed by atoms with Gasteiger partial charge < -0.3 is 10.6 Å². The van der Waals surface area contributed by atoms with Crippen LogP contribution >= 0.6 is 23.2 Å². The Labute approximate surface area is 162 Å². The van der Waals surface area contributed by atoms with Crippen LogP contribution in [0.2, 0.25) is 10.0 Å². The van der Waals surface area contributed by atoms with Gasteiger partial charge in [0.1, 0.15) is 0 Å². The summed E-state index contributed by atoms with van der Waals surface area (Å²) < 4.78 is 0. The van der Waals surface area contributed by atoms with Crippen LogP contribution in [-0.4, -0.2) is 17.9 Å². The van der Waals surface area contributed by atoms with Gasteiger partial charge in [-0.3, -0.25) is 9.59 Å². The molecule has 134 valence electrons. The third kappa shape index (κ3) is 5.35. The molecular weight excluding hydrogens is 371 g/mol. The van der Waals surface area contributed by atoms with Crippen molar-refractivity contribution < 1.29 is 9.59 Å². The van der Waals surface area contributed by atoms with E-state index in [1.54, 1.807) is 36.4 Å². The van der Waals surface area contributed by atoms with E-state index in [9.17, 15) is 9.59 Å². The van der Waals surface area contributed by atoms with Gasteiger partial charge >= 0.3 is 0 Å². The van der Waals surface area contributed by atoms with E-state index in [4.69, 9.17) is 23.2 Å². The smallest absolute Gasteiger partial charge is 0.251 e. The Morgan fingerprint density at radius 2 is 1.81 bits per heavy atom. The highest BCUT2D eigenvalue weighted by molar-refractivity contribution is 6.35. The highest BCUT2D eigenvalue weighted by atomic mass is 35.5. The summed E-state index contributed by atoms with van der Waals surface area (Å²) in [7, 11) is 0. The van der Waals surface area contributed by atoms with Crippen LogP contribution in [0, 0.1) is 0 Å². The van der Waals surface area contributed by atoms with E-state index in [-0.39, 0.29) is 11.8 Å². The van der Waals surface area contributed by atoms with Gasteiger partial charge in [0.2, 0.25) is 5.91 Å². The second kappa shape index (κ2) is 8.39. The lowest BCUT2D eigenvalue weighted by atomic mass is 10.1. The molecule has 26 heavy (non-hydrogen) atoms. The second-order valence-electron chi connectivity index (χ2n) is 6.16. The van der Waals surface area contributed by atoms with Crippen molar-refractivity contribution in [3.05, 3.63) is 75.3 Å². The van der Waals surface area contributed by atoms with E-state index in [0.29, 0.717) is 28.2 Å². The molecule has 2 amide bonds. The number of amides is 2. The zero-order valence-corrected chi connectivity index (χ0v) is 15.5. The van der Waals surface area contributed by atoms with E-state index < -0.39 is 0 Å². The van der Waals surface area contributed by atoms with Gasteiger partial charge in [0.25, 0.3) is 5.91 Å². The Kier molecular flexibility index (Phi) is 5.96. The third-order valence-corrected chi connectivity index (χ3v) is 4.57. The summed E-state index contributed by atoms with van der Waals surface area (Å²) in [5, 5.41) is 6.78. The Balaban J connectivity index is 1.51. The van der Waals surface area contributed by atoms with Gasteiger partial charge in [-0.25, -0.2) is 0 Å². The molecule has 0 unspecified atom stereocenters. The minimum absolute atomic E-state index is 0.0550. The molecule has 0 aromatic heterocycles. The maximum atomic E-state index is 11.9. The van der Waals surface area contributed by atoms with E-state index >= 15 is 0 Å². The number of nitrogens with one attached hydrogen (secondary N) is 2. The van der Waals surface area contributed by atoms with Crippen LogP contribution in [-0.2, 0) is 11.3 Å². The fraction of sp³-hybridized carbons (Fsp3) is 0.200. The number of rotatable bonds is 6. The number of carbonyl (C=O) groups is 2. The average molecular weight is 389 g/mol. The molecule has 1 saturated carbocycles. The predicted molar refractivity (Wildman–Crippen MR) is 104 cm³/mol. The molecule has 1 aliphatic carbocycles. The van der Waals surface area contributed by atoms with E-state index in [2.05, 4.69) is 10.6 Å². The zero-order chi connectivity index (χ0) is 18.5. The summed E-state index contributed by atoms with van der Waals surface area (Å²) in [6.45, 7) is 0.319. The summed E-state index contributed by atoms with van der Waals surface area (Å²) in [4.78, 5) is 23.9. The molecule has 0 saturated heterocycles. The van der Waals surface area contributed by atoms with Crippen molar-refractivity contribution in [3.63, 3.8) is 0 Å². The topological polar surface area (TPSA) is 58.2 Å². The van der Waals surface area contributed by atoms with Gasteiger partial charge in [-0.15, -0.1) is 0 Å². The van der Waals surface area contributed by atoms with Crippen molar-refractivity contribution in [2.45, 2.75) is 25.4 Å². The molecular formula is C20H18Cl2N2O2. The van der Waals surface area contributed by atoms with Crippen molar-refractivity contribution in [2.75, 3.05) is 0 Å². The summed E-state index contributed by atoms with van der Waals surface area (Å²) in [6, 6.07) is 12.6. The fourth-order valence-corrected chi connectivity index (χ4v) is 2.80. The number of halogens is 2. The molecule has 6 heteroatoms. The SMILES string of the molecule is O=C(/C=C/c1ccc(C(=O)NC2CC2)cc1)NCc1ccc(Cl)cc1Cl. The number of hydrogen-bond donors (Lipinski definition) is 2. The molecule has 2 aromatic carbocycles. The van der Waals surface area contributed by atoms with Crippen molar-refractivity contribution in [1.29, 1.82) is 0 Å². The van der Waals surface area contributed by atoms with Gasteiger partial charge in [0.15, 0.2) is 0 Å². The summed E-state index contributed by atoms with van der Waals surface area (Å²) in [5.41, 5.74) is 2.26. The lowest BCUT2D eigenvalue weighted by Crippen LogP contribution is -2.25. The normalized spacial score (nSPS) is 13.6. The molecule has 0 heterocycles. The quantitative estimate of drug-likeness (QED) is 0.727. The Morgan fingerprint density at radius 1 is 1.08 bits per heavy atom. The van der Waals surface area contributed by atoms with E-state index in [0.717, 1.165) is 24.0 Å². The molecule has 1 fully saturated rings. The largest absolute Gasteiger partial charge is 0.349 e. The minimum atomic E-state index is -0.230. The van der Waals surface area contributed by atoms with Gasteiger partial charge in [0, 0.05) is 34.3 Å². The van der Waals surface area contributed by atoms with E-state index in [1.165, 1.54) is 6.08 Å². The summed E-state index contributed by atoms with van der Waals surface area (Å²) >= 11 is 11.9. The highest BCUT2D eigenvalue weighted by Crippen LogP contribution is 2.21. The van der Waals surface area contributed by atoms with Crippen molar-refractivity contribution >= 4 is 41.1 Å². The van der Waals surface area contributed by atoms with Crippen molar-refractivity contribution in [1.82, 2.24) is 10.6 Å². The second-order valence-corrected chi connectivity index (χ2v) is 7.00. The molecule has 0 atom stereocenters. The van der Waals surface area contributed by atoms with Crippen molar-refractivity contribution in [3.8, 4) is 0 Å². The predicted octanol–water partition coefficient (Wildman–Crippen LogP) is 4.22. The summed E-state index contributed by atoms with van der Waals surface area (Å²) in [5.74, 6) is -0.285. The first-order valence-electron chi connectivity index (χ1n) is 8.32. The first-order chi connectivity index (χ1) is 12.5. The number of hydrogen-bond acceptors (Lipinski definition) is 2. The maximum absolute atomic E-state index is 11.9. The van der Waals surface area contributed by atoms with Gasteiger partial charge in [-0.1, -0.05) is 41.4 Å². The molecule has 1 aliphatic rings. The Morgan fingerprint density at radius 3 is 2.46 bits per heavy atom. The highest BCUT2D eigenvalue weighted by Gasteiger charge is 2.23. The molecule has 0 radical (unpaired) electrons. The standard InChI is InChI=1S/C20H18Cl2N2O2/c21-16-7-6-15(18(22)11-16)12-23-19(25)10-3-13-1-4-14(5-2-13)20(26)24-17-8-9-17/h1-7,10-11,17H,8-9,12H2,(H,23,25)(H,24,26)/b10-3+. The Bertz CT molecular complexity index is 843. The van der Waals surface area contributed by atoms with E-state index in [1.807, 2.05) is 12.1 Å². The number of benzene rings is 2. The van der Waals surface area contributed by atoms with Crippen LogP contribution in [0.25, 0.3) is 6.08 Å². The van der Waals surface area contributed by atoms with Crippen LogP contribution < -0.4 is 10.6 Å². The van der Waals surface area contributed by atoms with Crippen LogP contribution in [0.1, 0.15) is 34.3 Å². The summed E-state index contributed by atoms with van der Waals surface area (Å²) in [6.07, 6.45) is 5.26. The monoisotopic (exact) mass is 388 g/mol. The Hall–Kier alpha value is -2.30. The van der Waals surface area contributed by atoms with Gasteiger partial charge in [0.05, 0.1) is 0 Å². The third-order valence-electron chi connectivity index (χ3n) is 3.98. The molecule has 2 aromatic rings.